The smallest absolute Gasteiger partial charge is 0.244 e. The van der Waals surface area contributed by atoms with E-state index in [4.69, 9.17) is 11.6 Å². The van der Waals surface area contributed by atoms with E-state index in [0.717, 1.165) is 31.4 Å². The molecule has 0 bridgehead atoms. The molecule has 0 aromatic heterocycles. The predicted octanol–water partition coefficient (Wildman–Crippen LogP) is 2.54. The minimum Gasteiger partial charge on any atom is -0.392 e. The number of carbonyl (C=O) groups is 1. The summed E-state index contributed by atoms with van der Waals surface area (Å²) in [5.41, 5.74) is 0.787. The van der Waals surface area contributed by atoms with E-state index in [1.807, 2.05) is 36.2 Å². The lowest BCUT2D eigenvalue weighted by atomic mass is 10.0. The number of hydrogen-bond acceptors (Lipinski definition) is 3. The quantitative estimate of drug-likeness (QED) is 0.906. The third-order valence-electron chi connectivity index (χ3n) is 4.73. The molecule has 4 nitrogen and oxygen atoms in total. The van der Waals surface area contributed by atoms with Gasteiger partial charge in [-0.2, -0.15) is 0 Å². The van der Waals surface area contributed by atoms with E-state index in [9.17, 15) is 9.90 Å². The summed E-state index contributed by atoms with van der Waals surface area (Å²) in [5.74, 6) is 0.519. The van der Waals surface area contributed by atoms with Crippen LogP contribution in [0.25, 0.3) is 0 Å². The Morgan fingerprint density at radius 1 is 1.36 bits per heavy atom. The van der Waals surface area contributed by atoms with Gasteiger partial charge in [-0.15, -0.1) is 0 Å². The molecule has 1 N–H and O–H groups in total. The zero-order valence-corrected chi connectivity index (χ0v) is 13.7. The van der Waals surface area contributed by atoms with Crippen molar-refractivity contribution in [3.63, 3.8) is 0 Å². The fraction of sp³-hybridized carbons (Fsp3) is 0.588. The van der Waals surface area contributed by atoms with Crippen LogP contribution in [-0.4, -0.2) is 48.2 Å². The molecule has 2 fully saturated rings. The summed E-state index contributed by atoms with van der Waals surface area (Å²) in [6, 6.07) is 7.31. The SMILES string of the molecule is CN(CC(O)C1CC1)C1CCCN(c2ccccc2Cl)C1=O. The third kappa shape index (κ3) is 3.29. The van der Waals surface area contributed by atoms with Gasteiger partial charge < -0.3 is 10.0 Å². The van der Waals surface area contributed by atoms with E-state index in [1.165, 1.54) is 0 Å². The molecule has 1 aromatic rings. The van der Waals surface area contributed by atoms with Crippen molar-refractivity contribution in [3.8, 4) is 0 Å². The molecule has 22 heavy (non-hydrogen) atoms. The van der Waals surface area contributed by atoms with Gasteiger partial charge in [-0.25, -0.2) is 0 Å². The molecular formula is C17H23ClN2O2. The van der Waals surface area contributed by atoms with Gasteiger partial charge in [0.2, 0.25) is 5.91 Å². The van der Waals surface area contributed by atoms with Gasteiger partial charge in [0.15, 0.2) is 0 Å². The average molecular weight is 323 g/mol. The normalized spacial score (nSPS) is 23.9. The second-order valence-corrected chi connectivity index (χ2v) is 6.85. The number of benzene rings is 1. The molecule has 2 unspecified atom stereocenters. The number of hydrogen-bond donors (Lipinski definition) is 1. The van der Waals surface area contributed by atoms with Gasteiger partial charge in [-0.1, -0.05) is 23.7 Å². The fourth-order valence-corrected chi connectivity index (χ4v) is 3.47. The number of carbonyl (C=O) groups excluding carboxylic acids is 1. The highest BCUT2D eigenvalue weighted by atomic mass is 35.5. The second kappa shape index (κ2) is 6.57. The number of nitrogens with zero attached hydrogens (tertiary/aromatic N) is 2. The molecule has 0 radical (unpaired) electrons. The summed E-state index contributed by atoms with van der Waals surface area (Å²) in [6.45, 7) is 1.27. The molecule has 2 atom stereocenters. The number of piperidine rings is 1. The Labute approximate surface area is 136 Å². The molecule has 1 amide bonds. The number of aliphatic hydroxyl groups is 1. The van der Waals surface area contributed by atoms with Crippen LogP contribution >= 0.6 is 11.6 Å². The van der Waals surface area contributed by atoms with Crippen molar-refractivity contribution in [2.45, 2.75) is 37.8 Å². The summed E-state index contributed by atoms with van der Waals surface area (Å²) in [7, 11) is 1.93. The Morgan fingerprint density at radius 3 is 2.77 bits per heavy atom. The summed E-state index contributed by atoms with van der Waals surface area (Å²) in [5, 5.41) is 10.7. The average Bonchev–Trinajstić information content (AvgIpc) is 3.33. The van der Waals surface area contributed by atoms with Gasteiger partial charge in [0.25, 0.3) is 0 Å². The van der Waals surface area contributed by atoms with Crippen molar-refractivity contribution < 1.29 is 9.90 Å². The highest BCUT2D eigenvalue weighted by molar-refractivity contribution is 6.33. The Hall–Kier alpha value is -1.10. The van der Waals surface area contributed by atoms with Gasteiger partial charge >= 0.3 is 0 Å². The molecule has 1 saturated heterocycles. The molecule has 120 valence electrons. The summed E-state index contributed by atoms with van der Waals surface area (Å²) in [6.07, 6.45) is 3.70. The Balaban J connectivity index is 1.70. The Morgan fingerprint density at radius 2 is 2.09 bits per heavy atom. The maximum absolute atomic E-state index is 12.8. The van der Waals surface area contributed by atoms with Crippen molar-refractivity contribution in [2.24, 2.45) is 5.92 Å². The van der Waals surface area contributed by atoms with Gasteiger partial charge in [0, 0.05) is 13.1 Å². The highest BCUT2D eigenvalue weighted by Gasteiger charge is 2.36. The number of rotatable bonds is 5. The van der Waals surface area contributed by atoms with Crippen LogP contribution in [0.3, 0.4) is 0 Å². The molecule has 5 heteroatoms. The van der Waals surface area contributed by atoms with E-state index in [2.05, 4.69) is 0 Å². The summed E-state index contributed by atoms with van der Waals surface area (Å²) >= 11 is 6.24. The van der Waals surface area contributed by atoms with E-state index in [-0.39, 0.29) is 18.1 Å². The first-order valence-electron chi connectivity index (χ1n) is 8.02. The molecule has 0 spiro atoms. The van der Waals surface area contributed by atoms with Gasteiger partial charge in [0.05, 0.1) is 22.9 Å². The van der Waals surface area contributed by atoms with Crippen molar-refractivity contribution in [2.75, 3.05) is 25.0 Å². The van der Waals surface area contributed by atoms with E-state index in [1.54, 1.807) is 4.90 Å². The lowest BCUT2D eigenvalue weighted by Crippen LogP contribution is -2.53. The number of aliphatic hydroxyl groups excluding tert-OH is 1. The van der Waals surface area contributed by atoms with Crippen LogP contribution in [0.4, 0.5) is 5.69 Å². The molecule has 3 rings (SSSR count). The third-order valence-corrected chi connectivity index (χ3v) is 5.05. The maximum atomic E-state index is 12.8. The highest BCUT2D eigenvalue weighted by Crippen LogP contribution is 2.34. The van der Waals surface area contributed by atoms with E-state index >= 15 is 0 Å². The number of para-hydroxylation sites is 1. The maximum Gasteiger partial charge on any atom is 0.244 e. The molecule has 1 aliphatic carbocycles. The molecular weight excluding hydrogens is 300 g/mol. The predicted molar refractivity (Wildman–Crippen MR) is 88.2 cm³/mol. The molecule has 1 saturated carbocycles. The molecule has 1 heterocycles. The number of anilines is 1. The topological polar surface area (TPSA) is 43.8 Å². The summed E-state index contributed by atoms with van der Waals surface area (Å²) in [4.78, 5) is 16.6. The van der Waals surface area contributed by atoms with Crippen LogP contribution in [0.15, 0.2) is 24.3 Å². The largest absolute Gasteiger partial charge is 0.392 e. The van der Waals surface area contributed by atoms with Crippen molar-refractivity contribution >= 4 is 23.2 Å². The lowest BCUT2D eigenvalue weighted by Gasteiger charge is -2.37. The monoisotopic (exact) mass is 322 g/mol. The first-order chi connectivity index (χ1) is 10.6. The van der Waals surface area contributed by atoms with Crippen LogP contribution in [-0.2, 0) is 4.79 Å². The summed E-state index contributed by atoms with van der Waals surface area (Å²) < 4.78 is 0. The van der Waals surface area contributed by atoms with Crippen LogP contribution in [0.1, 0.15) is 25.7 Å². The first kappa shape index (κ1) is 15.8. The second-order valence-electron chi connectivity index (χ2n) is 6.44. The van der Waals surface area contributed by atoms with Crippen LogP contribution in [0, 0.1) is 5.92 Å². The molecule has 1 aromatic carbocycles. The minimum absolute atomic E-state index is 0.0878. The van der Waals surface area contributed by atoms with Gasteiger partial charge in [0.1, 0.15) is 0 Å². The van der Waals surface area contributed by atoms with Crippen molar-refractivity contribution in [3.05, 3.63) is 29.3 Å². The van der Waals surface area contributed by atoms with Crippen LogP contribution < -0.4 is 4.90 Å². The Kier molecular flexibility index (Phi) is 4.71. The van der Waals surface area contributed by atoms with Crippen LogP contribution in [0.2, 0.25) is 5.02 Å². The number of likely N-dealkylation sites (N-methyl/N-ethyl adjacent to an activating group) is 1. The first-order valence-corrected chi connectivity index (χ1v) is 8.40. The standard InChI is InChI=1S/C17H23ClN2O2/c1-19(11-16(21)12-8-9-12)15-7-4-10-20(17(15)22)14-6-3-2-5-13(14)18/h2-3,5-6,12,15-16,21H,4,7-11H2,1H3. The minimum atomic E-state index is -0.312. The van der Waals surface area contributed by atoms with E-state index in [0.29, 0.717) is 24.0 Å². The Bertz CT molecular complexity index is 547. The van der Waals surface area contributed by atoms with Gasteiger partial charge in [-0.3, -0.25) is 9.69 Å². The number of halogens is 1. The lowest BCUT2D eigenvalue weighted by molar-refractivity contribution is -0.125. The zero-order valence-electron chi connectivity index (χ0n) is 12.9. The fourth-order valence-electron chi connectivity index (χ4n) is 3.23. The van der Waals surface area contributed by atoms with Crippen LogP contribution in [0.5, 0.6) is 0 Å². The van der Waals surface area contributed by atoms with Crippen molar-refractivity contribution in [1.82, 2.24) is 4.90 Å². The number of amides is 1. The van der Waals surface area contributed by atoms with Gasteiger partial charge in [-0.05, 0) is 50.8 Å². The van der Waals surface area contributed by atoms with E-state index < -0.39 is 0 Å². The molecule has 1 aliphatic heterocycles. The zero-order chi connectivity index (χ0) is 15.7. The van der Waals surface area contributed by atoms with Crippen molar-refractivity contribution in [1.29, 1.82) is 0 Å². The molecule has 2 aliphatic rings.